The molecular formula is C22H25NO3. The summed E-state index contributed by atoms with van der Waals surface area (Å²) >= 11 is 0. The van der Waals surface area contributed by atoms with Crippen molar-refractivity contribution in [2.45, 2.75) is 38.3 Å². The lowest BCUT2D eigenvalue weighted by Gasteiger charge is -2.43. The summed E-state index contributed by atoms with van der Waals surface area (Å²) < 4.78 is 11.0. The van der Waals surface area contributed by atoms with Gasteiger partial charge in [0.15, 0.2) is 0 Å². The van der Waals surface area contributed by atoms with E-state index in [1.165, 1.54) is 23.8 Å². The highest BCUT2D eigenvalue weighted by Gasteiger charge is 2.39. The summed E-state index contributed by atoms with van der Waals surface area (Å²) in [5.74, 6) is 0.0943. The molecule has 4 rings (SSSR count). The summed E-state index contributed by atoms with van der Waals surface area (Å²) in [6.07, 6.45) is 3.39. The molecule has 0 saturated carbocycles. The predicted molar refractivity (Wildman–Crippen MR) is 101 cm³/mol. The molecular weight excluding hydrogens is 326 g/mol. The van der Waals surface area contributed by atoms with Crippen molar-refractivity contribution in [2.75, 3.05) is 19.0 Å². The maximum atomic E-state index is 11.7. The Labute approximate surface area is 154 Å². The molecule has 2 heterocycles. The first kappa shape index (κ1) is 17.1. The van der Waals surface area contributed by atoms with Gasteiger partial charge >= 0.3 is 5.97 Å². The molecule has 2 aromatic rings. The van der Waals surface area contributed by atoms with Crippen molar-refractivity contribution in [3.8, 4) is 0 Å². The van der Waals surface area contributed by atoms with Gasteiger partial charge in [0.25, 0.3) is 0 Å². The van der Waals surface area contributed by atoms with Gasteiger partial charge in [0, 0.05) is 23.8 Å². The fourth-order valence-corrected chi connectivity index (χ4v) is 4.21. The first-order valence-corrected chi connectivity index (χ1v) is 9.40. The molecule has 1 fully saturated rings. The van der Waals surface area contributed by atoms with Crippen LogP contribution >= 0.6 is 0 Å². The van der Waals surface area contributed by atoms with Gasteiger partial charge < -0.3 is 14.8 Å². The summed E-state index contributed by atoms with van der Waals surface area (Å²) in [7, 11) is 1.41. The number of fused-ring (bicyclic) bond motifs is 3. The second-order valence-electron chi connectivity index (χ2n) is 7.11. The van der Waals surface area contributed by atoms with Crippen molar-refractivity contribution >= 4 is 11.7 Å². The molecule has 3 atom stereocenters. The van der Waals surface area contributed by atoms with Gasteiger partial charge in [-0.3, -0.25) is 0 Å². The number of benzene rings is 2. The largest absolute Gasteiger partial charge is 0.465 e. The Balaban J connectivity index is 1.69. The molecule has 0 unspecified atom stereocenters. The molecule has 26 heavy (non-hydrogen) atoms. The van der Waals surface area contributed by atoms with E-state index in [0.717, 1.165) is 31.6 Å². The Kier molecular flexibility index (Phi) is 4.68. The second kappa shape index (κ2) is 7.12. The molecule has 0 spiro atoms. The Bertz CT molecular complexity index is 800. The van der Waals surface area contributed by atoms with Crippen molar-refractivity contribution in [1.29, 1.82) is 0 Å². The third-order valence-electron chi connectivity index (χ3n) is 5.63. The standard InChI is InChI=1S/C22H25NO3/c1-3-14-6-11-19-18(13-14)21-17(5-4-12-26-21)20(23-19)15-7-9-16(10-8-15)22(24)25-2/h6-11,13,17,20-21,23H,3-5,12H2,1-2H3/t17-,20+,21-/m0/s1. The van der Waals surface area contributed by atoms with E-state index >= 15 is 0 Å². The smallest absolute Gasteiger partial charge is 0.337 e. The number of esters is 1. The number of methoxy groups -OCH3 is 1. The number of aryl methyl sites for hydroxylation is 1. The minimum absolute atomic E-state index is 0.136. The van der Waals surface area contributed by atoms with Crippen LogP contribution in [-0.4, -0.2) is 19.7 Å². The summed E-state index contributed by atoms with van der Waals surface area (Å²) in [6.45, 7) is 3.01. The van der Waals surface area contributed by atoms with E-state index in [-0.39, 0.29) is 18.1 Å². The molecule has 0 aromatic heterocycles. The maximum absolute atomic E-state index is 11.7. The zero-order valence-electron chi connectivity index (χ0n) is 15.3. The van der Waals surface area contributed by atoms with Crippen LogP contribution in [0.4, 0.5) is 5.69 Å². The van der Waals surface area contributed by atoms with Crippen LogP contribution in [0.3, 0.4) is 0 Å². The number of anilines is 1. The molecule has 2 aromatic carbocycles. The van der Waals surface area contributed by atoms with E-state index in [1.54, 1.807) is 0 Å². The molecule has 1 N–H and O–H groups in total. The van der Waals surface area contributed by atoms with Crippen LogP contribution in [0.2, 0.25) is 0 Å². The van der Waals surface area contributed by atoms with Crippen molar-refractivity contribution < 1.29 is 14.3 Å². The summed E-state index contributed by atoms with van der Waals surface area (Å²) in [4.78, 5) is 11.7. The molecule has 2 aliphatic heterocycles. The molecule has 1 saturated heterocycles. The van der Waals surface area contributed by atoms with Gasteiger partial charge in [-0.05, 0) is 48.6 Å². The van der Waals surface area contributed by atoms with Gasteiger partial charge in [0.05, 0.1) is 24.8 Å². The minimum atomic E-state index is -0.301. The Hall–Kier alpha value is -2.33. The predicted octanol–water partition coefficient (Wildman–Crippen LogP) is 4.67. The highest BCUT2D eigenvalue weighted by atomic mass is 16.5. The topological polar surface area (TPSA) is 47.6 Å². The van der Waals surface area contributed by atoms with Gasteiger partial charge in [0.2, 0.25) is 0 Å². The number of ether oxygens (including phenoxy) is 2. The molecule has 136 valence electrons. The fraction of sp³-hybridized carbons (Fsp3) is 0.409. The normalized spacial score (nSPS) is 24.2. The quantitative estimate of drug-likeness (QED) is 0.817. The van der Waals surface area contributed by atoms with Crippen molar-refractivity contribution in [3.63, 3.8) is 0 Å². The molecule has 0 radical (unpaired) electrons. The van der Waals surface area contributed by atoms with Crippen LogP contribution in [0, 0.1) is 5.92 Å². The van der Waals surface area contributed by atoms with Gasteiger partial charge in [-0.25, -0.2) is 4.79 Å². The van der Waals surface area contributed by atoms with E-state index in [2.05, 4.69) is 30.4 Å². The van der Waals surface area contributed by atoms with Crippen LogP contribution in [0.5, 0.6) is 0 Å². The zero-order chi connectivity index (χ0) is 18.1. The third kappa shape index (κ3) is 2.99. The number of carbonyl (C=O) groups excluding carboxylic acids is 1. The average Bonchev–Trinajstić information content (AvgIpc) is 2.72. The van der Waals surface area contributed by atoms with Crippen LogP contribution in [-0.2, 0) is 15.9 Å². The molecule has 0 amide bonds. The number of hydrogen-bond acceptors (Lipinski definition) is 4. The lowest BCUT2D eigenvalue weighted by Crippen LogP contribution is -2.36. The van der Waals surface area contributed by atoms with Crippen molar-refractivity contribution in [1.82, 2.24) is 0 Å². The summed E-state index contributed by atoms with van der Waals surface area (Å²) in [5.41, 5.74) is 5.56. The first-order chi connectivity index (χ1) is 12.7. The second-order valence-corrected chi connectivity index (χ2v) is 7.11. The van der Waals surface area contributed by atoms with Crippen LogP contribution < -0.4 is 5.32 Å². The Morgan fingerprint density at radius 2 is 2.04 bits per heavy atom. The maximum Gasteiger partial charge on any atom is 0.337 e. The van der Waals surface area contributed by atoms with Crippen LogP contribution in [0.1, 0.15) is 59.0 Å². The molecule has 4 nitrogen and oxygen atoms in total. The molecule has 0 aliphatic carbocycles. The molecule has 2 aliphatic rings. The minimum Gasteiger partial charge on any atom is -0.465 e. The monoisotopic (exact) mass is 351 g/mol. The van der Waals surface area contributed by atoms with E-state index in [9.17, 15) is 4.79 Å². The van der Waals surface area contributed by atoms with Gasteiger partial charge in [-0.2, -0.15) is 0 Å². The average molecular weight is 351 g/mol. The molecule has 4 heteroatoms. The van der Waals surface area contributed by atoms with E-state index in [4.69, 9.17) is 9.47 Å². The summed E-state index contributed by atoms with van der Waals surface area (Å²) in [6, 6.07) is 14.6. The van der Waals surface area contributed by atoms with Crippen LogP contribution in [0.15, 0.2) is 42.5 Å². The van der Waals surface area contributed by atoms with Gasteiger partial charge in [-0.1, -0.05) is 31.2 Å². The Morgan fingerprint density at radius 3 is 2.77 bits per heavy atom. The van der Waals surface area contributed by atoms with Crippen molar-refractivity contribution in [2.24, 2.45) is 5.92 Å². The number of carbonyl (C=O) groups is 1. The third-order valence-corrected chi connectivity index (χ3v) is 5.63. The van der Waals surface area contributed by atoms with E-state index < -0.39 is 0 Å². The zero-order valence-corrected chi connectivity index (χ0v) is 15.3. The van der Waals surface area contributed by atoms with Crippen molar-refractivity contribution in [3.05, 3.63) is 64.7 Å². The SMILES string of the molecule is CCc1ccc2c(c1)[C@H]1OCCC[C@H]1[C@@H](c1ccc(C(=O)OC)cc1)N2. The molecule has 0 bridgehead atoms. The van der Waals surface area contributed by atoms with Gasteiger partial charge in [-0.15, -0.1) is 0 Å². The lowest BCUT2D eigenvalue weighted by atomic mass is 9.77. The summed E-state index contributed by atoms with van der Waals surface area (Å²) in [5, 5.41) is 3.73. The fourth-order valence-electron chi connectivity index (χ4n) is 4.21. The van der Waals surface area contributed by atoms with Gasteiger partial charge in [0.1, 0.15) is 0 Å². The van der Waals surface area contributed by atoms with E-state index in [0.29, 0.717) is 11.5 Å². The lowest BCUT2D eigenvalue weighted by molar-refractivity contribution is -0.0381. The number of rotatable bonds is 3. The van der Waals surface area contributed by atoms with Crippen LogP contribution in [0.25, 0.3) is 0 Å². The number of hydrogen-bond donors (Lipinski definition) is 1. The Morgan fingerprint density at radius 1 is 1.23 bits per heavy atom. The number of nitrogens with one attached hydrogen (secondary N) is 1. The van der Waals surface area contributed by atoms with E-state index in [1.807, 2.05) is 24.3 Å². The highest BCUT2D eigenvalue weighted by Crippen LogP contribution is 2.49. The first-order valence-electron chi connectivity index (χ1n) is 9.40. The highest BCUT2D eigenvalue weighted by molar-refractivity contribution is 5.89.